The summed E-state index contributed by atoms with van der Waals surface area (Å²) in [4.78, 5) is 22.3. The number of nitrogens with zero attached hydrogens (tertiary/aromatic N) is 2. The van der Waals surface area contributed by atoms with Gasteiger partial charge in [0.15, 0.2) is 5.13 Å². The molecule has 0 bridgehead atoms. The number of fused-ring (bicyclic) bond motifs is 2. The number of aromatic nitrogens is 1. The highest BCUT2D eigenvalue weighted by molar-refractivity contribution is 7.22. The number of furan rings is 1. The van der Waals surface area contributed by atoms with Gasteiger partial charge >= 0.3 is 0 Å². The van der Waals surface area contributed by atoms with Crippen molar-refractivity contribution < 1.29 is 9.21 Å². The van der Waals surface area contributed by atoms with Gasteiger partial charge in [-0.05, 0) is 29.7 Å². The average molecular weight is 392 g/mol. The van der Waals surface area contributed by atoms with E-state index >= 15 is 0 Å². The van der Waals surface area contributed by atoms with Crippen LogP contribution in [-0.2, 0) is 4.79 Å². The summed E-state index contributed by atoms with van der Waals surface area (Å²) >= 11 is 1.57. The molecule has 2 N–H and O–H groups in total. The number of allylic oxidation sites excluding steroid dienone is 1. The highest BCUT2D eigenvalue weighted by Crippen LogP contribution is 2.42. The first-order chi connectivity index (χ1) is 13.5. The molecular formula is C21H20N4O2S. The number of benzene rings is 1. The van der Waals surface area contributed by atoms with Gasteiger partial charge in [-0.15, -0.1) is 0 Å². The number of guanidine groups is 1. The second kappa shape index (κ2) is 6.31. The topological polar surface area (TPSA) is 79.5 Å². The highest BCUT2D eigenvalue weighted by Gasteiger charge is 2.43. The molecule has 2 atom stereocenters. The second-order valence-electron chi connectivity index (χ2n) is 7.88. The molecule has 5 rings (SSSR count). The van der Waals surface area contributed by atoms with Gasteiger partial charge in [0.05, 0.1) is 22.4 Å². The fourth-order valence-electron chi connectivity index (χ4n) is 3.91. The van der Waals surface area contributed by atoms with E-state index in [1.54, 1.807) is 17.6 Å². The quantitative estimate of drug-likeness (QED) is 0.671. The van der Waals surface area contributed by atoms with E-state index in [0.717, 1.165) is 21.0 Å². The smallest absolute Gasteiger partial charge is 0.202 e. The summed E-state index contributed by atoms with van der Waals surface area (Å²) in [5.41, 5.74) is 1.63. The van der Waals surface area contributed by atoms with E-state index in [2.05, 4.69) is 35.5 Å². The van der Waals surface area contributed by atoms with Gasteiger partial charge in [0.1, 0.15) is 17.6 Å². The Kier molecular flexibility index (Phi) is 3.87. The van der Waals surface area contributed by atoms with Gasteiger partial charge in [0.2, 0.25) is 5.96 Å². The molecule has 1 aliphatic carbocycles. The van der Waals surface area contributed by atoms with Crippen molar-refractivity contribution in [2.45, 2.75) is 26.3 Å². The molecule has 3 aromatic rings. The predicted molar refractivity (Wildman–Crippen MR) is 110 cm³/mol. The van der Waals surface area contributed by atoms with Crippen molar-refractivity contribution in [2.75, 3.05) is 5.32 Å². The Morgan fingerprint density at radius 2 is 2.11 bits per heavy atom. The monoisotopic (exact) mass is 392 g/mol. The number of aliphatic imine (C=N–C) groups is 1. The van der Waals surface area contributed by atoms with E-state index in [1.165, 1.54) is 0 Å². The number of carbonyl (C=O) groups excluding carboxylic acids is 1. The van der Waals surface area contributed by atoms with Crippen LogP contribution in [0.4, 0.5) is 5.13 Å². The van der Waals surface area contributed by atoms with Crippen molar-refractivity contribution in [1.29, 1.82) is 0 Å². The maximum absolute atomic E-state index is 12.9. The van der Waals surface area contributed by atoms with E-state index < -0.39 is 0 Å². The molecule has 0 spiro atoms. The van der Waals surface area contributed by atoms with E-state index in [4.69, 9.17) is 9.41 Å². The number of nitrogens with one attached hydrogen (secondary N) is 2. The van der Waals surface area contributed by atoms with Crippen LogP contribution in [0, 0.1) is 11.3 Å². The number of Topliss-reactive ketones (excluding diaryl/α,β-unsaturated/α-hetero) is 1. The molecule has 0 fully saturated rings. The summed E-state index contributed by atoms with van der Waals surface area (Å²) in [7, 11) is 0. The van der Waals surface area contributed by atoms with E-state index in [9.17, 15) is 4.79 Å². The van der Waals surface area contributed by atoms with Crippen molar-refractivity contribution in [2.24, 2.45) is 16.3 Å². The first-order valence-electron chi connectivity index (χ1n) is 9.25. The fourth-order valence-corrected chi connectivity index (χ4v) is 4.78. The van der Waals surface area contributed by atoms with Crippen LogP contribution in [-0.4, -0.2) is 16.7 Å². The number of anilines is 1. The van der Waals surface area contributed by atoms with Crippen LogP contribution in [0.3, 0.4) is 0 Å². The van der Waals surface area contributed by atoms with Crippen LogP contribution < -0.4 is 10.6 Å². The number of carbonyl (C=O) groups is 1. The first-order valence-corrected chi connectivity index (χ1v) is 10.1. The maximum Gasteiger partial charge on any atom is 0.202 e. The molecule has 0 unspecified atom stereocenters. The molecule has 0 radical (unpaired) electrons. The number of thiazole rings is 1. The van der Waals surface area contributed by atoms with E-state index in [1.807, 2.05) is 36.4 Å². The molecule has 28 heavy (non-hydrogen) atoms. The van der Waals surface area contributed by atoms with E-state index in [-0.39, 0.29) is 23.2 Å². The summed E-state index contributed by atoms with van der Waals surface area (Å²) in [6, 6.07) is 11.3. The van der Waals surface area contributed by atoms with Crippen LogP contribution in [0.2, 0.25) is 0 Å². The molecule has 142 valence electrons. The van der Waals surface area contributed by atoms with Crippen molar-refractivity contribution in [3.8, 4) is 0 Å². The second-order valence-corrected chi connectivity index (χ2v) is 8.91. The summed E-state index contributed by atoms with van der Waals surface area (Å²) in [6.45, 7) is 4.15. The van der Waals surface area contributed by atoms with Gasteiger partial charge < -0.3 is 15.1 Å². The molecule has 0 amide bonds. The number of ketones is 1. The molecule has 3 heterocycles. The van der Waals surface area contributed by atoms with Crippen LogP contribution in [0.1, 0.15) is 32.1 Å². The molecular weight excluding hydrogens is 372 g/mol. The summed E-state index contributed by atoms with van der Waals surface area (Å²) in [5, 5.41) is 7.38. The van der Waals surface area contributed by atoms with Crippen LogP contribution in [0.5, 0.6) is 0 Å². The lowest BCUT2D eigenvalue weighted by atomic mass is 9.73. The lowest BCUT2D eigenvalue weighted by molar-refractivity contribution is -0.124. The predicted octanol–water partition coefficient (Wildman–Crippen LogP) is 4.50. The zero-order valence-corrected chi connectivity index (χ0v) is 16.4. The van der Waals surface area contributed by atoms with Crippen molar-refractivity contribution in [3.63, 3.8) is 0 Å². The maximum atomic E-state index is 12.9. The SMILES string of the molecule is CC1(C)C=C2NC(Nc3nc4ccccc4s3)=N[C@@H](c3ccco3)[C@@H]2C(=O)C1. The third-order valence-electron chi connectivity index (χ3n) is 5.06. The third kappa shape index (κ3) is 3.01. The van der Waals surface area contributed by atoms with Gasteiger partial charge in [-0.2, -0.15) is 0 Å². The standard InChI is InChI=1S/C21H20N4O2S/c1-21(2)10-13-17(14(26)11-21)18(15-7-5-9-27-15)24-19(22-13)25-20-23-12-6-3-4-8-16(12)28-20/h3-10,17-18H,11H2,1-2H3,(H2,22,23,24,25)/t17-,18-/m0/s1. The Labute approximate surface area is 166 Å². The first kappa shape index (κ1) is 17.2. The lowest BCUT2D eigenvalue weighted by Crippen LogP contribution is -2.45. The van der Waals surface area contributed by atoms with Gasteiger partial charge in [-0.3, -0.25) is 4.79 Å². The molecule has 1 aromatic carbocycles. The van der Waals surface area contributed by atoms with Gasteiger partial charge in [-0.1, -0.05) is 43.4 Å². The van der Waals surface area contributed by atoms with Gasteiger partial charge in [0.25, 0.3) is 0 Å². The van der Waals surface area contributed by atoms with Crippen molar-refractivity contribution in [3.05, 3.63) is 60.2 Å². The Hall–Kier alpha value is -2.93. The van der Waals surface area contributed by atoms with E-state index in [0.29, 0.717) is 18.1 Å². The van der Waals surface area contributed by atoms with Crippen molar-refractivity contribution >= 4 is 38.4 Å². The zero-order chi connectivity index (χ0) is 19.3. The number of para-hydroxylation sites is 1. The minimum Gasteiger partial charge on any atom is -0.467 e. The Morgan fingerprint density at radius 1 is 1.25 bits per heavy atom. The molecule has 2 aromatic heterocycles. The Balaban J connectivity index is 1.54. The molecule has 2 aliphatic rings. The number of hydrogen-bond acceptors (Lipinski definition) is 7. The summed E-state index contributed by atoms with van der Waals surface area (Å²) in [6.07, 6.45) is 4.26. The Bertz CT molecular complexity index is 1080. The lowest BCUT2D eigenvalue weighted by Gasteiger charge is -2.38. The Morgan fingerprint density at radius 3 is 2.89 bits per heavy atom. The summed E-state index contributed by atoms with van der Waals surface area (Å²) < 4.78 is 6.72. The largest absolute Gasteiger partial charge is 0.467 e. The summed E-state index contributed by atoms with van der Waals surface area (Å²) in [5.74, 6) is 1.10. The minimum absolute atomic E-state index is 0.180. The average Bonchev–Trinajstić information content (AvgIpc) is 3.29. The van der Waals surface area contributed by atoms with Crippen LogP contribution >= 0.6 is 11.3 Å². The molecule has 7 heteroatoms. The molecule has 0 saturated heterocycles. The highest BCUT2D eigenvalue weighted by atomic mass is 32.1. The zero-order valence-electron chi connectivity index (χ0n) is 15.6. The number of hydrogen-bond donors (Lipinski definition) is 2. The molecule has 1 aliphatic heterocycles. The van der Waals surface area contributed by atoms with Crippen LogP contribution in [0.15, 0.2) is 63.8 Å². The van der Waals surface area contributed by atoms with Crippen molar-refractivity contribution in [1.82, 2.24) is 10.3 Å². The normalized spacial score (nSPS) is 23.6. The van der Waals surface area contributed by atoms with Gasteiger partial charge in [-0.25, -0.2) is 9.98 Å². The molecule has 6 nitrogen and oxygen atoms in total. The third-order valence-corrected chi connectivity index (χ3v) is 6.01. The number of rotatable bonds is 2. The minimum atomic E-state index is -0.386. The molecule has 0 saturated carbocycles. The fraction of sp³-hybridized carbons (Fsp3) is 0.286. The van der Waals surface area contributed by atoms with Crippen LogP contribution in [0.25, 0.3) is 10.2 Å². The van der Waals surface area contributed by atoms with Gasteiger partial charge in [0, 0.05) is 12.1 Å².